The molecule has 2 aromatic rings. The van der Waals surface area contributed by atoms with Gasteiger partial charge < -0.3 is 5.73 Å². The summed E-state index contributed by atoms with van der Waals surface area (Å²) in [4.78, 5) is 11.9. The maximum absolute atomic E-state index is 11.9. The SMILES string of the molecule is Cc1[nH]n(C(=N)N)c(=O)c1N=Nc1cccc(Cl)c1. The Bertz CT molecular complexity index is 714. The molecule has 7 nitrogen and oxygen atoms in total. The maximum atomic E-state index is 11.9. The Morgan fingerprint density at radius 3 is 2.79 bits per heavy atom. The number of rotatable bonds is 2. The predicted molar refractivity (Wildman–Crippen MR) is 72.7 cm³/mol. The van der Waals surface area contributed by atoms with E-state index in [0.29, 0.717) is 16.4 Å². The lowest BCUT2D eigenvalue weighted by Crippen LogP contribution is -2.30. The van der Waals surface area contributed by atoms with Gasteiger partial charge in [0.15, 0.2) is 5.69 Å². The van der Waals surface area contributed by atoms with Gasteiger partial charge in [-0.05, 0) is 25.1 Å². The molecule has 0 unspecified atom stereocenters. The minimum absolute atomic E-state index is 0.107. The van der Waals surface area contributed by atoms with Gasteiger partial charge in [-0.15, -0.1) is 5.11 Å². The molecule has 0 radical (unpaired) electrons. The van der Waals surface area contributed by atoms with E-state index in [4.69, 9.17) is 22.7 Å². The van der Waals surface area contributed by atoms with E-state index in [0.717, 1.165) is 4.68 Å². The number of aromatic amines is 1. The van der Waals surface area contributed by atoms with Crippen LogP contribution < -0.4 is 11.3 Å². The summed E-state index contributed by atoms with van der Waals surface area (Å²) < 4.78 is 0.891. The summed E-state index contributed by atoms with van der Waals surface area (Å²) in [6.07, 6.45) is 0. The summed E-state index contributed by atoms with van der Waals surface area (Å²) in [5.41, 5.74) is 5.85. The van der Waals surface area contributed by atoms with E-state index in [1.54, 1.807) is 31.2 Å². The fourth-order valence-corrected chi connectivity index (χ4v) is 1.66. The van der Waals surface area contributed by atoms with Gasteiger partial charge in [0.25, 0.3) is 0 Å². The monoisotopic (exact) mass is 278 g/mol. The highest BCUT2D eigenvalue weighted by Crippen LogP contribution is 2.20. The van der Waals surface area contributed by atoms with Gasteiger partial charge in [-0.25, -0.2) is 0 Å². The van der Waals surface area contributed by atoms with E-state index in [2.05, 4.69) is 15.3 Å². The lowest BCUT2D eigenvalue weighted by atomic mass is 10.3. The third-order valence-electron chi connectivity index (χ3n) is 2.35. The smallest absolute Gasteiger partial charge is 0.301 e. The molecule has 0 fully saturated rings. The van der Waals surface area contributed by atoms with Crippen LogP contribution in [0.1, 0.15) is 5.69 Å². The molecule has 8 heteroatoms. The average Bonchev–Trinajstić information content (AvgIpc) is 2.63. The van der Waals surface area contributed by atoms with Gasteiger partial charge in [0.2, 0.25) is 5.96 Å². The van der Waals surface area contributed by atoms with Crippen molar-refractivity contribution in [3.05, 3.63) is 45.3 Å². The predicted octanol–water partition coefficient (Wildman–Crippen LogP) is 2.30. The van der Waals surface area contributed by atoms with Gasteiger partial charge >= 0.3 is 5.56 Å². The van der Waals surface area contributed by atoms with Gasteiger partial charge in [-0.2, -0.15) is 9.80 Å². The van der Waals surface area contributed by atoms with Crippen LogP contribution in [-0.2, 0) is 0 Å². The summed E-state index contributed by atoms with van der Waals surface area (Å²) >= 11 is 5.82. The van der Waals surface area contributed by atoms with Crippen LogP contribution in [0.15, 0.2) is 39.3 Å². The minimum atomic E-state index is -0.518. The second-order valence-corrected chi connectivity index (χ2v) is 4.23. The van der Waals surface area contributed by atoms with E-state index in [-0.39, 0.29) is 5.69 Å². The van der Waals surface area contributed by atoms with Crippen molar-refractivity contribution in [2.24, 2.45) is 16.0 Å². The van der Waals surface area contributed by atoms with Gasteiger partial charge in [0.05, 0.1) is 11.4 Å². The maximum Gasteiger partial charge on any atom is 0.301 e. The first-order chi connectivity index (χ1) is 8.99. The number of H-pyrrole nitrogens is 1. The average molecular weight is 279 g/mol. The summed E-state index contributed by atoms with van der Waals surface area (Å²) in [6.45, 7) is 1.65. The zero-order valence-corrected chi connectivity index (χ0v) is 10.8. The Hall–Kier alpha value is -2.41. The third kappa shape index (κ3) is 2.71. The molecule has 4 N–H and O–H groups in total. The van der Waals surface area contributed by atoms with Crippen molar-refractivity contribution in [2.75, 3.05) is 0 Å². The Balaban J connectivity index is 2.39. The Morgan fingerprint density at radius 1 is 1.47 bits per heavy atom. The number of aromatic nitrogens is 2. The van der Waals surface area contributed by atoms with E-state index >= 15 is 0 Å². The molecule has 1 aromatic heterocycles. The van der Waals surface area contributed by atoms with Crippen LogP contribution in [-0.4, -0.2) is 15.7 Å². The van der Waals surface area contributed by atoms with E-state index in [1.165, 1.54) is 0 Å². The number of nitrogen functional groups attached to an aromatic ring is 1. The molecular formula is C11H11ClN6O. The molecule has 2 rings (SSSR count). The first kappa shape index (κ1) is 13.0. The second kappa shape index (κ2) is 5.07. The standard InChI is InChI=1S/C11H11ClN6O/c1-6-9(10(19)18(17-6)11(13)14)16-15-8-4-2-3-7(12)5-8/h2-5,17H,1H3,(H3,13,14). The Morgan fingerprint density at radius 2 is 2.21 bits per heavy atom. The van der Waals surface area contributed by atoms with Gasteiger partial charge in [-0.1, -0.05) is 17.7 Å². The highest BCUT2D eigenvalue weighted by atomic mass is 35.5. The van der Waals surface area contributed by atoms with Crippen LogP contribution >= 0.6 is 11.6 Å². The number of azo groups is 1. The van der Waals surface area contributed by atoms with Gasteiger partial charge in [-0.3, -0.25) is 15.3 Å². The number of hydrogen-bond acceptors (Lipinski definition) is 4. The van der Waals surface area contributed by atoms with Gasteiger partial charge in [0.1, 0.15) is 0 Å². The largest absolute Gasteiger partial charge is 0.368 e. The molecule has 0 amide bonds. The molecular weight excluding hydrogens is 268 g/mol. The molecule has 0 saturated carbocycles. The number of halogens is 1. The van der Waals surface area contributed by atoms with Crippen LogP contribution in [0, 0.1) is 12.3 Å². The highest BCUT2D eigenvalue weighted by molar-refractivity contribution is 6.30. The van der Waals surface area contributed by atoms with Crippen molar-refractivity contribution in [3.8, 4) is 0 Å². The first-order valence-corrected chi connectivity index (χ1v) is 5.70. The lowest BCUT2D eigenvalue weighted by Gasteiger charge is -1.93. The van der Waals surface area contributed by atoms with Crippen LogP contribution in [0.4, 0.5) is 11.4 Å². The number of aryl methyl sites for hydroxylation is 1. The van der Waals surface area contributed by atoms with Crippen LogP contribution in [0.2, 0.25) is 5.02 Å². The molecule has 0 atom stereocenters. The Kier molecular flexibility index (Phi) is 3.48. The number of nitrogens with two attached hydrogens (primary N) is 1. The van der Waals surface area contributed by atoms with E-state index < -0.39 is 11.5 Å². The van der Waals surface area contributed by atoms with Crippen molar-refractivity contribution in [2.45, 2.75) is 6.92 Å². The Labute approximate surface area is 113 Å². The number of nitrogens with zero attached hydrogens (tertiary/aromatic N) is 3. The fourth-order valence-electron chi connectivity index (χ4n) is 1.47. The molecule has 0 saturated heterocycles. The number of hydrogen-bond donors (Lipinski definition) is 3. The summed E-state index contributed by atoms with van der Waals surface area (Å²) in [6, 6.07) is 6.77. The van der Waals surface area contributed by atoms with Crippen LogP contribution in [0.5, 0.6) is 0 Å². The van der Waals surface area contributed by atoms with Crippen molar-refractivity contribution in [1.82, 2.24) is 9.78 Å². The zero-order chi connectivity index (χ0) is 14.0. The minimum Gasteiger partial charge on any atom is -0.368 e. The van der Waals surface area contributed by atoms with Crippen LogP contribution in [0.3, 0.4) is 0 Å². The number of nitrogens with one attached hydrogen (secondary N) is 2. The first-order valence-electron chi connectivity index (χ1n) is 5.32. The van der Waals surface area contributed by atoms with Crippen molar-refractivity contribution >= 4 is 28.9 Å². The molecule has 1 aromatic carbocycles. The summed E-state index contributed by atoms with van der Waals surface area (Å²) in [5, 5.41) is 18.2. The number of benzene rings is 1. The molecule has 0 aliphatic carbocycles. The second-order valence-electron chi connectivity index (χ2n) is 3.79. The molecule has 0 aliphatic rings. The zero-order valence-electron chi connectivity index (χ0n) is 10.0. The summed E-state index contributed by atoms with van der Waals surface area (Å²) in [5.74, 6) is -0.405. The van der Waals surface area contributed by atoms with Crippen molar-refractivity contribution < 1.29 is 0 Å². The van der Waals surface area contributed by atoms with E-state index in [9.17, 15) is 4.79 Å². The highest BCUT2D eigenvalue weighted by Gasteiger charge is 2.11. The van der Waals surface area contributed by atoms with E-state index in [1.807, 2.05) is 0 Å². The molecule has 1 heterocycles. The topological polar surface area (TPSA) is 112 Å². The van der Waals surface area contributed by atoms with Crippen molar-refractivity contribution in [1.29, 1.82) is 5.41 Å². The lowest BCUT2D eigenvalue weighted by molar-refractivity contribution is 0.865. The molecule has 0 bridgehead atoms. The molecule has 0 spiro atoms. The molecule has 19 heavy (non-hydrogen) atoms. The van der Waals surface area contributed by atoms with Gasteiger partial charge in [0, 0.05) is 5.02 Å². The fraction of sp³-hybridized carbons (Fsp3) is 0.0909. The van der Waals surface area contributed by atoms with Crippen LogP contribution in [0.25, 0.3) is 0 Å². The molecule has 98 valence electrons. The normalized spacial score (nSPS) is 11.1. The van der Waals surface area contributed by atoms with Crippen molar-refractivity contribution in [3.63, 3.8) is 0 Å². The quantitative estimate of drug-likeness (QED) is 0.444. The summed E-state index contributed by atoms with van der Waals surface area (Å²) in [7, 11) is 0. The third-order valence-corrected chi connectivity index (χ3v) is 2.59. The molecule has 0 aliphatic heterocycles.